The number of nitrogens with zero attached hydrogens (tertiary/aromatic N) is 2. The Morgan fingerprint density at radius 1 is 1.06 bits per heavy atom. The van der Waals surface area contributed by atoms with Crippen LogP contribution in [0.4, 0.5) is 0 Å². The zero-order chi connectivity index (χ0) is 23.7. The first-order valence-corrected chi connectivity index (χ1v) is 12.0. The predicted octanol–water partition coefficient (Wildman–Crippen LogP) is 7.03. The van der Waals surface area contributed by atoms with Gasteiger partial charge in [0.15, 0.2) is 0 Å². The third kappa shape index (κ3) is 3.16. The van der Waals surface area contributed by atoms with Crippen LogP contribution in [-0.2, 0) is 4.74 Å². The van der Waals surface area contributed by atoms with Crippen molar-refractivity contribution in [3.8, 4) is 17.4 Å². The van der Waals surface area contributed by atoms with Crippen molar-refractivity contribution in [2.45, 2.75) is 44.8 Å². The highest BCUT2D eigenvalue weighted by Gasteiger charge is 2.46. The minimum Gasteiger partial charge on any atom is -0.506 e. The van der Waals surface area contributed by atoms with Crippen LogP contribution >= 0.6 is 0 Å². The van der Waals surface area contributed by atoms with E-state index < -0.39 is 0 Å². The van der Waals surface area contributed by atoms with Crippen LogP contribution in [0.25, 0.3) is 32.8 Å². The molecule has 1 N–H and O–H groups in total. The lowest BCUT2D eigenvalue weighted by Gasteiger charge is -2.22. The van der Waals surface area contributed by atoms with Gasteiger partial charge in [-0.1, -0.05) is 18.2 Å². The molecule has 6 nitrogen and oxygen atoms in total. The Bertz CT molecular complexity index is 1690. The molecule has 6 heteroatoms. The van der Waals surface area contributed by atoms with Gasteiger partial charge in [-0.05, 0) is 69.0 Å². The number of para-hydroxylation sites is 1. The molecule has 35 heavy (non-hydrogen) atoms. The average molecular weight is 465 g/mol. The first-order valence-electron chi connectivity index (χ1n) is 12.0. The Balaban J connectivity index is 1.37. The normalized spacial score (nSPS) is 21.4. The largest absolute Gasteiger partial charge is 0.506 e. The molecule has 7 rings (SSSR count). The number of aryl methyl sites for hydroxylation is 1. The highest BCUT2D eigenvalue weighted by Crippen LogP contribution is 2.43. The zero-order valence-electron chi connectivity index (χ0n) is 19.5. The van der Waals surface area contributed by atoms with Crippen molar-refractivity contribution in [2.75, 3.05) is 0 Å². The molecule has 1 saturated carbocycles. The van der Waals surface area contributed by atoms with Gasteiger partial charge in [0.2, 0.25) is 11.8 Å². The average Bonchev–Trinajstić information content (AvgIpc) is 3.47. The van der Waals surface area contributed by atoms with Crippen LogP contribution in [0.1, 0.15) is 37.3 Å². The van der Waals surface area contributed by atoms with E-state index in [2.05, 4.69) is 18.0 Å². The van der Waals surface area contributed by atoms with E-state index in [1.807, 2.05) is 49.4 Å². The smallest absolute Gasteiger partial charge is 0.219 e. The summed E-state index contributed by atoms with van der Waals surface area (Å²) in [5.41, 5.74) is 3.58. The third-order valence-electron chi connectivity index (χ3n) is 7.25. The maximum Gasteiger partial charge on any atom is 0.219 e. The number of ether oxygens (including phenoxy) is 2. The molecule has 3 heterocycles. The van der Waals surface area contributed by atoms with Crippen molar-refractivity contribution < 1.29 is 19.0 Å². The van der Waals surface area contributed by atoms with E-state index in [9.17, 15) is 5.11 Å². The van der Waals surface area contributed by atoms with Crippen LogP contribution in [0.5, 0.6) is 17.4 Å². The van der Waals surface area contributed by atoms with E-state index >= 15 is 0 Å². The van der Waals surface area contributed by atoms with E-state index in [1.165, 1.54) is 0 Å². The van der Waals surface area contributed by atoms with Gasteiger partial charge in [-0.2, -0.15) is 0 Å². The van der Waals surface area contributed by atoms with Gasteiger partial charge in [0.1, 0.15) is 33.8 Å². The summed E-state index contributed by atoms with van der Waals surface area (Å²) in [6.45, 7) is 4.09. The van der Waals surface area contributed by atoms with Gasteiger partial charge in [-0.15, -0.1) is 0 Å². The summed E-state index contributed by atoms with van der Waals surface area (Å²) in [6.07, 6.45) is 3.17. The van der Waals surface area contributed by atoms with Gasteiger partial charge < -0.3 is 19.0 Å². The van der Waals surface area contributed by atoms with Crippen LogP contribution in [0.3, 0.4) is 0 Å². The number of aliphatic imine (C=N–C) groups is 1. The molecule has 0 spiro atoms. The monoisotopic (exact) mass is 464 g/mol. The van der Waals surface area contributed by atoms with Crippen molar-refractivity contribution >= 4 is 38.7 Å². The molecule has 0 amide bonds. The van der Waals surface area contributed by atoms with Gasteiger partial charge in [0, 0.05) is 28.3 Å². The van der Waals surface area contributed by atoms with Gasteiger partial charge in [0.25, 0.3) is 0 Å². The first kappa shape index (κ1) is 20.3. The van der Waals surface area contributed by atoms with Crippen LogP contribution < -0.4 is 4.74 Å². The number of pyridine rings is 1. The molecule has 2 atom stereocenters. The Morgan fingerprint density at radius 3 is 2.83 bits per heavy atom. The highest BCUT2D eigenvalue weighted by molar-refractivity contribution is 6.17. The number of rotatable bonds is 3. The van der Waals surface area contributed by atoms with E-state index in [4.69, 9.17) is 18.9 Å². The van der Waals surface area contributed by atoms with Gasteiger partial charge in [-0.25, -0.2) is 9.98 Å². The number of aromatic hydroxyl groups is 1. The quantitative estimate of drug-likeness (QED) is 0.310. The second-order valence-electron chi connectivity index (χ2n) is 9.81. The SMILES string of the molecule is Cc1cc(O)c2nc(Oc3cc(C4=N[C@H]5CCC[C@]5(C)O4)c4c(c3)oc3ccccc34)ccc2c1. The maximum absolute atomic E-state index is 10.4. The third-order valence-corrected chi connectivity index (χ3v) is 7.25. The number of phenols is 1. The minimum atomic E-state index is -0.256. The summed E-state index contributed by atoms with van der Waals surface area (Å²) in [5, 5.41) is 13.2. The van der Waals surface area contributed by atoms with E-state index in [0.717, 1.165) is 52.1 Å². The van der Waals surface area contributed by atoms with Crippen LogP contribution in [-0.4, -0.2) is 27.6 Å². The lowest BCUT2D eigenvalue weighted by molar-refractivity contribution is 0.0949. The number of hydrogen-bond donors (Lipinski definition) is 1. The second kappa shape index (κ2) is 7.22. The van der Waals surface area contributed by atoms with Gasteiger partial charge in [-0.3, -0.25) is 0 Å². The van der Waals surface area contributed by atoms with Crippen molar-refractivity contribution in [3.05, 3.63) is 71.8 Å². The summed E-state index contributed by atoms with van der Waals surface area (Å²) in [5.74, 6) is 1.72. The topological polar surface area (TPSA) is 77.1 Å². The Kier molecular flexibility index (Phi) is 4.19. The van der Waals surface area contributed by atoms with Crippen molar-refractivity contribution in [2.24, 2.45) is 4.99 Å². The van der Waals surface area contributed by atoms with Crippen molar-refractivity contribution in [3.63, 3.8) is 0 Å². The first-order chi connectivity index (χ1) is 17.0. The lowest BCUT2D eigenvalue weighted by Crippen LogP contribution is -2.31. The molecule has 0 saturated heterocycles. The zero-order valence-corrected chi connectivity index (χ0v) is 19.5. The molecular weight excluding hydrogens is 440 g/mol. The molecule has 3 aromatic carbocycles. The Morgan fingerprint density at radius 2 is 1.94 bits per heavy atom. The summed E-state index contributed by atoms with van der Waals surface area (Å²) >= 11 is 0. The number of hydrogen-bond acceptors (Lipinski definition) is 6. The van der Waals surface area contributed by atoms with Crippen LogP contribution in [0.15, 0.2) is 70.1 Å². The molecular formula is C29H24N2O4. The molecule has 1 fully saturated rings. The van der Waals surface area contributed by atoms with Gasteiger partial charge >= 0.3 is 0 Å². The molecule has 1 aliphatic carbocycles. The van der Waals surface area contributed by atoms with Crippen LogP contribution in [0.2, 0.25) is 0 Å². The van der Waals surface area contributed by atoms with E-state index in [-0.39, 0.29) is 17.4 Å². The predicted molar refractivity (Wildman–Crippen MR) is 136 cm³/mol. The number of benzene rings is 3. The van der Waals surface area contributed by atoms with Crippen molar-refractivity contribution in [1.29, 1.82) is 0 Å². The molecule has 2 aliphatic rings. The standard InChI is InChI=1S/C29H24N2O4/c1-16-12-17-9-10-25(31-27(17)21(32)13-16)33-18-14-20(28-30-24-8-5-11-29(24,2)35-28)26-19-6-3-4-7-22(19)34-23(26)15-18/h3-4,6-7,9-10,12-15,24,32H,5,8,11H2,1-2H3/t24-,29-/m0/s1. The molecule has 174 valence electrons. The fourth-order valence-electron chi connectivity index (χ4n) is 5.53. The molecule has 2 aromatic heterocycles. The Hall–Kier alpha value is -4.06. The Labute approximate surface area is 201 Å². The highest BCUT2D eigenvalue weighted by atomic mass is 16.5. The van der Waals surface area contributed by atoms with Crippen molar-refractivity contribution in [1.82, 2.24) is 4.98 Å². The van der Waals surface area contributed by atoms with Gasteiger partial charge in [0.05, 0.1) is 11.6 Å². The maximum atomic E-state index is 10.4. The molecule has 0 bridgehead atoms. The number of aromatic nitrogens is 1. The summed E-state index contributed by atoms with van der Waals surface area (Å²) in [6, 6.07) is 19.4. The molecule has 5 aromatic rings. The second-order valence-corrected chi connectivity index (χ2v) is 9.81. The minimum absolute atomic E-state index is 0.132. The van der Waals surface area contributed by atoms with E-state index in [1.54, 1.807) is 12.1 Å². The number of phenolic OH excluding ortho intramolecular Hbond substituents is 1. The molecule has 0 unspecified atom stereocenters. The fourth-order valence-corrected chi connectivity index (χ4v) is 5.53. The summed E-state index contributed by atoms with van der Waals surface area (Å²) in [4.78, 5) is 9.54. The summed E-state index contributed by atoms with van der Waals surface area (Å²) < 4.78 is 18.9. The fraction of sp³-hybridized carbons (Fsp3) is 0.241. The number of fused-ring (bicyclic) bond motifs is 5. The van der Waals surface area contributed by atoms with Crippen LogP contribution in [0, 0.1) is 6.92 Å². The molecule has 1 aliphatic heterocycles. The van der Waals surface area contributed by atoms with E-state index in [0.29, 0.717) is 28.6 Å². The summed E-state index contributed by atoms with van der Waals surface area (Å²) in [7, 11) is 0. The number of furan rings is 1. The lowest BCUT2D eigenvalue weighted by atomic mass is 10.0. The molecule has 0 radical (unpaired) electrons.